The van der Waals surface area contributed by atoms with Crippen LogP contribution in [-0.4, -0.2) is 19.3 Å². The van der Waals surface area contributed by atoms with Crippen LogP contribution in [0, 0.1) is 0 Å². The lowest BCUT2D eigenvalue weighted by atomic mass is 10.1. The molecule has 2 rings (SSSR count). The van der Waals surface area contributed by atoms with Gasteiger partial charge in [-0.3, -0.25) is 4.99 Å². The van der Waals surface area contributed by atoms with Crippen LogP contribution in [0.25, 0.3) is 0 Å². The summed E-state index contributed by atoms with van der Waals surface area (Å²) in [5.74, 6) is -0.366. The number of aliphatic imine (C=N–C) groups is 1. The molecule has 0 radical (unpaired) electrons. The number of carbonyl (C=O) groups excluding carboxylic acids is 1. The predicted octanol–water partition coefficient (Wildman–Crippen LogP) is 4.53. The largest absolute Gasteiger partial charge is 0.465 e. The molecule has 0 saturated heterocycles. The first kappa shape index (κ1) is 14.6. The van der Waals surface area contributed by atoms with Crippen molar-refractivity contribution in [3.05, 3.63) is 63.6 Å². The van der Waals surface area contributed by atoms with Crippen molar-refractivity contribution >= 4 is 41.1 Å². The lowest BCUT2D eigenvalue weighted by Crippen LogP contribution is -2.00. The molecule has 0 N–H and O–H groups in total. The summed E-state index contributed by atoms with van der Waals surface area (Å²) in [4.78, 5) is 15.6. The van der Waals surface area contributed by atoms with Gasteiger partial charge in [0.25, 0.3) is 0 Å². The summed E-state index contributed by atoms with van der Waals surface area (Å²) in [6.07, 6.45) is 1.67. The van der Waals surface area contributed by atoms with Crippen LogP contribution in [0.5, 0.6) is 0 Å². The van der Waals surface area contributed by atoms with Gasteiger partial charge in [-0.2, -0.15) is 0 Å². The van der Waals surface area contributed by atoms with Crippen LogP contribution in [0.2, 0.25) is 10.0 Å². The molecule has 0 aliphatic carbocycles. The Bertz CT molecular complexity index is 631. The van der Waals surface area contributed by atoms with E-state index in [-0.39, 0.29) is 5.97 Å². The number of hydrogen-bond donors (Lipinski definition) is 0. The molecule has 20 heavy (non-hydrogen) atoms. The van der Waals surface area contributed by atoms with Gasteiger partial charge in [-0.15, -0.1) is 0 Å². The number of halogens is 2. The predicted molar refractivity (Wildman–Crippen MR) is 81.5 cm³/mol. The van der Waals surface area contributed by atoms with Crippen molar-refractivity contribution in [1.29, 1.82) is 0 Å². The fraction of sp³-hybridized carbons (Fsp3) is 0.0667. The summed E-state index contributed by atoms with van der Waals surface area (Å²) in [5, 5.41) is 1.07. The van der Waals surface area contributed by atoms with Gasteiger partial charge >= 0.3 is 5.97 Å². The Hall–Kier alpha value is -1.84. The van der Waals surface area contributed by atoms with Gasteiger partial charge in [-0.25, -0.2) is 4.79 Å². The number of methoxy groups -OCH3 is 1. The van der Waals surface area contributed by atoms with Crippen LogP contribution in [-0.2, 0) is 4.74 Å². The van der Waals surface area contributed by atoms with Gasteiger partial charge < -0.3 is 4.74 Å². The average molecular weight is 308 g/mol. The third kappa shape index (κ3) is 3.83. The first-order chi connectivity index (χ1) is 9.58. The number of hydrogen-bond acceptors (Lipinski definition) is 3. The van der Waals surface area contributed by atoms with Gasteiger partial charge in [-0.05, 0) is 35.9 Å². The molecule has 0 aromatic heterocycles. The Morgan fingerprint density at radius 2 is 1.70 bits per heavy atom. The topological polar surface area (TPSA) is 38.7 Å². The van der Waals surface area contributed by atoms with Crippen LogP contribution < -0.4 is 0 Å². The first-order valence-electron chi connectivity index (χ1n) is 5.77. The van der Waals surface area contributed by atoms with E-state index in [4.69, 9.17) is 23.2 Å². The molecule has 0 fully saturated rings. The van der Waals surface area contributed by atoms with Gasteiger partial charge in [0.1, 0.15) is 0 Å². The summed E-state index contributed by atoms with van der Waals surface area (Å²) in [5.41, 5.74) is 2.02. The number of benzene rings is 2. The van der Waals surface area contributed by atoms with Crippen molar-refractivity contribution in [3.63, 3.8) is 0 Å². The number of ether oxygens (including phenoxy) is 1. The third-order valence-corrected chi connectivity index (χ3v) is 2.98. The minimum atomic E-state index is -0.366. The molecule has 2 aromatic rings. The molecule has 0 saturated carbocycles. The molecule has 0 spiro atoms. The van der Waals surface area contributed by atoms with Crippen LogP contribution >= 0.6 is 23.2 Å². The number of esters is 1. The average Bonchev–Trinajstić information content (AvgIpc) is 2.44. The van der Waals surface area contributed by atoms with Gasteiger partial charge in [0.2, 0.25) is 0 Å². The first-order valence-corrected chi connectivity index (χ1v) is 6.52. The van der Waals surface area contributed by atoms with E-state index in [9.17, 15) is 4.79 Å². The summed E-state index contributed by atoms with van der Waals surface area (Å²) < 4.78 is 4.63. The Morgan fingerprint density at radius 1 is 1.10 bits per heavy atom. The zero-order chi connectivity index (χ0) is 14.5. The normalized spacial score (nSPS) is 10.8. The molecule has 102 valence electrons. The summed E-state index contributed by atoms with van der Waals surface area (Å²) in [6, 6.07) is 12.0. The van der Waals surface area contributed by atoms with Crippen LogP contribution in [0.15, 0.2) is 47.5 Å². The molecule has 2 aromatic carbocycles. The van der Waals surface area contributed by atoms with E-state index in [1.165, 1.54) is 7.11 Å². The van der Waals surface area contributed by atoms with Crippen LogP contribution in [0.3, 0.4) is 0 Å². The number of rotatable bonds is 3. The molecule has 0 heterocycles. The molecular weight excluding hydrogens is 297 g/mol. The molecule has 5 heteroatoms. The Labute approximate surface area is 126 Å². The second kappa shape index (κ2) is 6.55. The molecule has 0 amide bonds. The second-order valence-corrected chi connectivity index (χ2v) is 4.87. The van der Waals surface area contributed by atoms with Crippen LogP contribution in [0.4, 0.5) is 5.69 Å². The molecule has 0 aliphatic rings. The lowest BCUT2D eigenvalue weighted by molar-refractivity contribution is 0.0601. The fourth-order valence-corrected chi connectivity index (χ4v) is 2.10. The van der Waals surface area contributed by atoms with E-state index < -0.39 is 0 Å². The minimum absolute atomic E-state index is 0.366. The highest BCUT2D eigenvalue weighted by atomic mass is 35.5. The zero-order valence-corrected chi connectivity index (χ0v) is 12.2. The monoisotopic (exact) mass is 307 g/mol. The third-order valence-electron chi connectivity index (χ3n) is 2.54. The molecule has 0 aliphatic heterocycles. The maximum absolute atomic E-state index is 11.3. The van der Waals surface area contributed by atoms with Crippen molar-refractivity contribution in [2.75, 3.05) is 7.11 Å². The van der Waals surface area contributed by atoms with Crippen molar-refractivity contribution in [2.24, 2.45) is 4.99 Å². The highest BCUT2D eigenvalue weighted by Crippen LogP contribution is 2.24. The second-order valence-electron chi connectivity index (χ2n) is 4.00. The lowest BCUT2D eigenvalue weighted by Gasteiger charge is -2.00. The standard InChI is InChI=1S/C15H11Cl2NO2/c1-20-15(19)11-4-2-10(3-5-11)9-18-14-7-12(16)6-13(17)8-14/h2-9H,1H3/b18-9+. The van der Waals surface area contributed by atoms with Crippen molar-refractivity contribution in [3.8, 4) is 0 Å². The molecule has 0 unspecified atom stereocenters. The SMILES string of the molecule is COC(=O)c1ccc(/C=N/c2cc(Cl)cc(Cl)c2)cc1. The van der Waals surface area contributed by atoms with E-state index in [2.05, 4.69) is 9.73 Å². The summed E-state index contributed by atoms with van der Waals surface area (Å²) in [6.45, 7) is 0. The minimum Gasteiger partial charge on any atom is -0.465 e. The van der Waals surface area contributed by atoms with Gasteiger partial charge in [0.05, 0.1) is 18.4 Å². The Kier molecular flexibility index (Phi) is 4.77. The van der Waals surface area contributed by atoms with E-state index in [0.717, 1.165) is 5.56 Å². The van der Waals surface area contributed by atoms with Crippen molar-refractivity contribution in [2.45, 2.75) is 0 Å². The molecule has 0 bridgehead atoms. The molecule has 0 atom stereocenters. The number of nitrogens with zero attached hydrogens (tertiary/aromatic N) is 1. The van der Waals surface area contributed by atoms with Gasteiger partial charge in [-0.1, -0.05) is 35.3 Å². The highest BCUT2D eigenvalue weighted by molar-refractivity contribution is 6.35. The van der Waals surface area contributed by atoms with Gasteiger partial charge in [0.15, 0.2) is 0 Å². The zero-order valence-electron chi connectivity index (χ0n) is 10.6. The van der Waals surface area contributed by atoms with E-state index >= 15 is 0 Å². The summed E-state index contributed by atoms with van der Waals surface area (Å²) >= 11 is 11.8. The fourth-order valence-electron chi connectivity index (χ4n) is 1.59. The van der Waals surface area contributed by atoms with E-state index in [1.807, 2.05) is 0 Å². The Morgan fingerprint density at radius 3 is 2.25 bits per heavy atom. The van der Waals surface area contributed by atoms with E-state index in [0.29, 0.717) is 21.3 Å². The number of carbonyl (C=O) groups is 1. The maximum Gasteiger partial charge on any atom is 0.337 e. The summed E-state index contributed by atoms with van der Waals surface area (Å²) in [7, 11) is 1.35. The quantitative estimate of drug-likeness (QED) is 0.617. The highest BCUT2D eigenvalue weighted by Gasteiger charge is 2.03. The molecular formula is C15H11Cl2NO2. The van der Waals surface area contributed by atoms with Crippen molar-refractivity contribution in [1.82, 2.24) is 0 Å². The van der Waals surface area contributed by atoms with Gasteiger partial charge in [0, 0.05) is 16.3 Å². The maximum atomic E-state index is 11.3. The van der Waals surface area contributed by atoms with Crippen molar-refractivity contribution < 1.29 is 9.53 Å². The Balaban J connectivity index is 2.17. The van der Waals surface area contributed by atoms with Crippen LogP contribution in [0.1, 0.15) is 15.9 Å². The van der Waals surface area contributed by atoms with E-state index in [1.54, 1.807) is 48.7 Å². The molecule has 3 nitrogen and oxygen atoms in total. The smallest absolute Gasteiger partial charge is 0.337 e.